The Balaban J connectivity index is 1.52. The van der Waals surface area contributed by atoms with Crippen LogP contribution in [0.25, 0.3) is 0 Å². The number of carbonyl (C=O) groups excluding carboxylic acids is 1. The molecule has 1 amide bonds. The molecule has 1 aromatic heterocycles. The molecule has 0 spiro atoms. The van der Waals surface area contributed by atoms with Gasteiger partial charge in [-0.15, -0.1) is 0 Å². The number of hydrogen-bond donors (Lipinski definition) is 2. The van der Waals surface area contributed by atoms with Gasteiger partial charge in [-0.1, -0.05) is 28.1 Å². The standard InChI is InChI=1S/C18H23BrN4O/c19-16-4-1-15(2-5-16)13-23-17(9-12-21-23)22-18(24)6-3-14-7-10-20-11-8-14/h1-2,4-5,9,12,14,20H,3,6-8,10-11,13H2,(H,22,24). The molecular formula is C18H23BrN4O. The molecule has 6 heteroatoms. The number of carbonyl (C=O) groups is 1. The average Bonchev–Trinajstić information content (AvgIpc) is 3.03. The molecule has 5 nitrogen and oxygen atoms in total. The third kappa shape index (κ3) is 4.92. The van der Waals surface area contributed by atoms with E-state index in [4.69, 9.17) is 0 Å². The fourth-order valence-corrected chi connectivity index (χ4v) is 3.30. The molecule has 0 saturated carbocycles. The Morgan fingerprint density at radius 2 is 2.00 bits per heavy atom. The van der Waals surface area contributed by atoms with Crippen molar-refractivity contribution in [2.75, 3.05) is 18.4 Å². The van der Waals surface area contributed by atoms with Crippen LogP contribution in [0.3, 0.4) is 0 Å². The molecule has 1 aliphatic rings. The van der Waals surface area contributed by atoms with E-state index in [0.717, 1.165) is 35.4 Å². The number of nitrogens with one attached hydrogen (secondary N) is 2. The Hall–Kier alpha value is -1.66. The van der Waals surface area contributed by atoms with Gasteiger partial charge in [-0.2, -0.15) is 5.10 Å². The topological polar surface area (TPSA) is 59.0 Å². The van der Waals surface area contributed by atoms with Crippen molar-refractivity contribution in [2.45, 2.75) is 32.2 Å². The van der Waals surface area contributed by atoms with Crippen molar-refractivity contribution in [1.29, 1.82) is 0 Å². The summed E-state index contributed by atoms with van der Waals surface area (Å²) in [6.07, 6.45) is 5.62. The van der Waals surface area contributed by atoms with Gasteiger partial charge >= 0.3 is 0 Å². The second-order valence-corrected chi connectivity index (χ2v) is 7.20. The molecule has 0 bridgehead atoms. The highest BCUT2D eigenvalue weighted by Gasteiger charge is 2.15. The smallest absolute Gasteiger partial charge is 0.225 e. The number of halogens is 1. The lowest BCUT2D eigenvalue weighted by atomic mass is 9.93. The van der Waals surface area contributed by atoms with Gasteiger partial charge in [0.25, 0.3) is 0 Å². The second-order valence-electron chi connectivity index (χ2n) is 6.28. The van der Waals surface area contributed by atoms with Crippen molar-refractivity contribution in [1.82, 2.24) is 15.1 Å². The number of piperidine rings is 1. The van der Waals surface area contributed by atoms with E-state index in [-0.39, 0.29) is 5.91 Å². The van der Waals surface area contributed by atoms with Gasteiger partial charge in [0.1, 0.15) is 5.82 Å². The molecule has 0 atom stereocenters. The molecule has 0 aliphatic carbocycles. The molecule has 3 rings (SSSR count). The summed E-state index contributed by atoms with van der Waals surface area (Å²) in [5.74, 6) is 1.50. The zero-order valence-electron chi connectivity index (χ0n) is 13.7. The van der Waals surface area contributed by atoms with Crippen molar-refractivity contribution >= 4 is 27.7 Å². The molecule has 2 heterocycles. The van der Waals surface area contributed by atoms with E-state index < -0.39 is 0 Å². The molecule has 128 valence electrons. The quantitative estimate of drug-likeness (QED) is 0.794. The van der Waals surface area contributed by atoms with Crippen molar-refractivity contribution in [2.24, 2.45) is 5.92 Å². The Kier molecular flexibility index (Phi) is 6.04. The van der Waals surface area contributed by atoms with Crippen LogP contribution in [0.1, 0.15) is 31.2 Å². The van der Waals surface area contributed by atoms with Crippen LogP contribution in [0.2, 0.25) is 0 Å². The zero-order chi connectivity index (χ0) is 16.8. The van der Waals surface area contributed by atoms with Crippen LogP contribution < -0.4 is 10.6 Å². The minimum absolute atomic E-state index is 0.0751. The van der Waals surface area contributed by atoms with Gasteiger partial charge in [0.15, 0.2) is 0 Å². The van der Waals surface area contributed by atoms with Gasteiger partial charge in [0.05, 0.1) is 12.7 Å². The maximum Gasteiger partial charge on any atom is 0.225 e. The zero-order valence-corrected chi connectivity index (χ0v) is 15.3. The molecule has 24 heavy (non-hydrogen) atoms. The van der Waals surface area contributed by atoms with Crippen LogP contribution in [0.15, 0.2) is 41.0 Å². The predicted octanol–water partition coefficient (Wildman–Crippen LogP) is 3.41. The van der Waals surface area contributed by atoms with E-state index in [1.54, 1.807) is 6.20 Å². The van der Waals surface area contributed by atoms with Gasteiger partial charge in [0, 0.05) is 17.0 Å². The summed E-state index contributed by atoms with van der Waals surface area (Å²) in [6, 6.07) is 9.97. The molecule has 2 N–H and O–H groups in total. The molecule has 2 aromatic rings. The monoisotopic (exact) mass is 390 g/mol. The first-order chi connectivity index (χ1) is 11.7. The summed E-state index contributed by atoms with van der Waals surface area (Å²) in [5.41, 5.74) is 1.15. The maximum absolute atomic E-state index is 12.2. The molecule has 1 saturated heterocycles. The number of amides is 1. The fourth-order valence-electron chi connectivity index (χ4n) is 3.04. The molecule has 1 aromatic carbocycles. The minimum Gasteiger partial charge on any atom is -0.317 e. The second kappa shape index (κ2) is 8.44. The first-order valence-corrected chi connectivity index (χ1v) is 9.27. The Labute approximate surface area is 151 Å². The van der Waals surface area contributed by atoms with Crippen molar-refractivity contribution in [3.05, 3.63) is 46.6 Å². The van der Waals surface area contributed by atoms with Gasteiger partial charge < -0.3 is 10.6 Å². The van der Waals surface area contributed by atoms with Gasteiger partial charge in [-0.25, -0.2) is 4.68 Å². The van der Waals surface area contributed by atoms with Gasteiger partial charge in [0.2, 0.25) is 5.91 Å². The highest BCUT2D eigenvalue weighted by atomic mass is 79.9. The van der Waals surface area contributed by atoms with Crippen LogP contribution in [0, 0.1) is 5.92 Å². The Bertz CT molecular complexity index is 662. The summed E-state index contributed by atoms with van der Waals surface area (Å²) in [5, 5.41) is 10.7. The SMILES string of the molecule is O=C(CCC1CCNCC1)Nc1ccnn1Cc1ccc(Br)cc1. The van der Waals surface area contributed by atoms with Crippen LogP contribution >= 0.6 is 15.9 Å². The highest BCUT2D eigenvalue weighted by molar-refractivity contribution is 9.10. The average molecular weight is 391 g/mol. The summed E-state index contributed by atoms with van der Waals surface area (Å²) >= 11 is 3.44. The molecule has 1 fully saturated rings. The van der Waals surface area contributed by atoms with Crippen LogP contribution in [0.5, 0.6) is 0 Å². The number of nitrogens with zero attached hydrogens (tertiary/aromatic N) is 2. The van der Waals surface area contributed by atoms with Crippen molar-refractivity contribution in [3.63, 3.8) is 0 Å². The Morgan fingerprint density at radius 1 is 1.25 bits per heavy atom. The van der Waals surface area contributed by atoms with E-state index in [1.807, 2.05) is 22.9 Å². The summed E-state index contributed by atoms with van der Waals surface area (Å²) in [4.78, 5) is 12.2. The van der Waals surface area contributed by atoms with Crippen LogP contribution in [-0.2, 0) is 11.3 Å². The summed E-state index contributed by atoms with van der Waals surface area (Å²) in [7, 11) is 0. The predicted molar refractivity (Wildman–Crippen MR) is 98.9 cm³/mol. The third-order valence-electron chi connectivity index (χ3n) is 4.47. The van der Waals surface area contributed by atoms with Crippen molar-refractivity contribution in [3.8, 4) is 0 Å². The van der Waals surface area contributed by atoms with Gasteiger partial charge in [-0.3, -0.25) is 4.79 Å². The summed E-state index contributed by atoms with van der Waals surface area (Å²) < 4.78 is 2.88. The van der Waals surface area contributed by atoms with E-state index in [2.05, 4.69) is 43.8 Å². The van der Waals surface area contributed by atoms with E-state index >= 15 is 0 Å². The van der Waals surface area contributed by atoms with Crippen molar-refractivity contribution < 1.29 is 4.79 Å². The molecule has 0 unspecified atom stereocenters. The lowest BCUT2D eigenvalue weighted by Gasteiger charge is -2.22. The van der Waals surface area contributed by atoms with E-state index in [0.29, 0.717) is 18.9 Å². The van der Waals surface area contributed by atoms with Gasteiger partial charge in [-0.05, 0) is 56.0 Å². The summed E-state index contributed by atoms with van der Waals surface area (Å²) in [6.45, 7) is 2.79. The number of rotatable bonds is 6. The van der Waals surface area contributed by atoms with E-state index in [1.165, 1.54) is 12.8 Å². The lowest BCUT2D eigenvalue weighted by Crippen LogP contribution is -2.28. The first-order valence-electron chi connectivity index (χ1n) is 8.47. The largest absolute Gasteiger partial charge is 0.317 e. The van der Waals surface area contributed by atoms with E-state index in [9.17, 15) is 4.79 Å². The number of anilines is 1. The van der Waals surface area contributed by atoms with Crippen LogP contribution in [0.4, 0.5) is 5.82 Å². The first kappa shape index (κ1) is 17.2. The molecule has 1 aliphatic heterocycles. The van der Waals surface area contributed by atoms with Crippen LogP contribution in [-0.4, -0.2) is 28.8 Å². The molecular weight excluding hydrogens is 368 g/mol. The number of hydrogen-bond acceptors (Lipinski definition) is 3. The number of benzene rings is 1. The normalized spacial score (nSPS) is 15.4. The molecule has 0 radical (unpaired) electrons. The number of aromatic nitrogens is 2. The Morgan fingerprint density at radius 3 is 2.75 bits per heavy atom. The fraction of sp³-hybridized carbons (Fsp3) is 0.444. The lowest BCUT2D eigenvalue weighted by molar-refractivity contribution is -0.116. The minimum atomic E-state index is 0.0751. The maximum atomic E-state index is 12.2. The third-order valence-corrected chi connectivity index (χ3v) is 5.00. The highest BCUT2D eigenvalue weighted by Crippen LogP contribution is 2.19.